The summed E-state index contributed by atoms with van der Waals surface area (Å²) >= 11 is 0. The van der Waals surface area contributed by atoms with Gasteiger partial charge in [0.1, 0.15) is 5.75 Å². The van der Waals surface area contributed by atoms with Crippen molar-refractivity contribution in [2.45, 2.75) is 58.7 Å². The Balaban J connectivity index is 1.94. The number of ether oxygens (including phenoxy) is 2. The van der Waals surface area contributed by atoms with E-state index in [1.165, 1.54) is 11.1 Å². The minimum atomic E-state index is -1.22. The van der Waals surface area contributed by atoms with E-state index in [1.807, 2.05) is 12.1 Å². The van der Waals surface area contributed by atoms with Crippen LogP contribution in [0.3, 0.4) is 0 Å². The molecule has 5 heteroatoms. The van der Waals surface area contributed by atoms with Crippen LogP contribution >= 0.6 is 0 Å². The van der Waals surface area contributed by atoms with E-state index in [2.05, 4.69) is 24.8 Å². The monoisotopic (exact) mass is 349 g/mol. The second-order valence-corrected chi connectivity index (χ2v) is 7.28. The van der Waals surface area contributed by atoms with Crippen molar-refractivity contribution < 1.29 is 19.4 Å². The number of carboxylic acids is 1. The molecule has 1 heterocycles. The number of aliphatic carboxylic acids is 1. The second kappa shape index (κ2) is 8.68. The molecule has 2 rings (SSSR count). The van der Waals surface area contributed by atoms with Crippen molar-refractivity contribution in [1.82, 2.24) is 4.90 Å². The summed E-state index contributed by atoms with van der Waals surface area (Å²) in [5.41, 5.74) is 1.35. The topological polar surface area (TPSA) is 59.0 Å². The van der Waals surface area contributed by atoms with Gasteiger partial charge in [-0.15, -0.1) is 0 Å². The summed E-state index contributed by atoms with van der Waals surface area (Å²) in [5.74, 6) is -0.338. The summed E-state index contributed by atoms with van der Waals surface area (Å²) in [6.45, 7) is 11.1. The Hall–Kier alpha value is -1.59. The van der Waals surface area contributed by atoms with Crippen LogP contribution in [0.2, 0.25) is 0 Å². The second-order valence-electron chi connectivity index (χ2n) is 7.28. The zero-order chi connectivity index (χ0) is 18.4. The highest BCUT2D eigenvalue weighted by molar-refractivity contribution is 5.76. The summed E-state index contributed by atoms with van der Waals surface area (Å²) in [6, 6.07) is 5.95. The number of carbonyl (C=O) groups is 1. The van der Waals surface area contributed by atoms with E-state index in [0.717, 1.165) is 45.5 Å². The maximum absolute atomic E-state index is 11.2. The Bertz CT molecular complexity index is 585. The van der Waals surface area contributed by atoms with Crippen LogP contribution in [-0.2, 0) is 22.4 Å². The fourth-order valence-corrected chi connectivity index (χ4v) is 2.87. The summed E-state index contributed by atoms with van der Waals surface area (Å²) < 4.78 is 11.5. The summed E-state index contributed by atoms with van der Waals surface area (Å²) in [7, 11) is 0. The predicted octanol–water partition coefficient (Wildman–Crippen LogP) is 3.14. The lowest BCUT2D eigenvalue weighted by molar-refractivity contribution is -0.152. The van der Waals surface area contributed by atoms with E-state index in [1.54, 1.807) is 13.8 Å². The van der Waals surface area contributed by atoms with Crippen molar-refractivity contribution in [1.29, 1.82) is 0 Å². The van der Waals surface area contributed by atoms with E-state index in [-0.39, 0.29) is 0 Å². The molecule has 0 fully saturated rings. The quantitative estimate of drug-likeness (QED) is 0.781. The van der Waals surface area contributed by atoms with Crippen LogP contribution in [0.15, 0.2) is 18.2 Å². The first kappa shape index (κ1) is 19.7. The molecule has 1 aliphatic rings. The molecule has 1 N–H and O–H groups in total. The molecule has 1 aromatic rings. The Morgan fingerprint density at radius 3 is 2.60 bits per heavy atom. The summed E-state index contributed by atoms with van der Waals surface area (Å²) in [5, 5.41) is 9.22. The molecule has 0 amide bonds. The van der Waals surface area contributed by atoms with Crippen molar-refractivity contribution >= 4 is 5.97 Å². The SMILES string of the molecule is CCC(C)OCCN1CCc2ccc(OC(C)(C)C(=O)O)cc2CC1. The van der Waals surface area contributed by atoms with Crippen molar-refractivity contribution in [3.63, 3.8) is 0 Å². The number of hydrogen-bond acceptors (Lipinski definition) is 4. The Kier molecular flexibility index (Phi) is 6.85. The highest BCUT2D eigenvalue weighted by Crippen LogP contribution is 2.25. The third kappa shape index (κ3) is 5.72. The molecule has 0 spiro atoms. The normalized spacial score (nSPS) is 16.8. The first-order valence-corrected chi connectivity index (χ1v) is 9.20. The van der Waals surface area contributed by atoms with Gasteiger partial charge in [0.2, 0.25) is 0 Å². The molecule has 0 saturated heterocycles. The Labute approximate surface area is 150 Å². The van der Waals surface area contributed by atoms with Gasteiger partial charge in [0.25, 0.3) is 0 Å². The molecule has 0 radical (unpaired) electrons. The zero-order valence-electron chi connectivity index (χ0n) is 15.9. The smallest absolute Gasteiger partial charge is 0.347 e. The maximum Gasteiger partial charge on any atom is 0.347 e. The average Bonchev–Trinajstić information content (AvgIpc) is 2.76. The van der Waals surface area contributed by atoms with E-state index >= 15 is 0 Å². The fourth-order valence-electron chi connectivity index (χ4n) is 2.87. The maximum atomic E-state index is 11.2. The number of benzene rings is 1. The molecule has 140 valence electrons. The molecule has 0 bridgehead atoms. The molecule has 5 nitrogen and oxygen atoms in total. The molecule has 0 aliphatic carbocycles. The fraction of sp³-hybridized carbons (Fsp3) is 0.650. The van der Waals surface area contributed by atoms with Gasteiger partial charge in [-0.3, -0.25) is 0 Å². The van der Waals surface area contributed by atoms with Crippen LogP contribution in [-0.4, -0.2) is 53.9 Å². The Morgan fingerprint density at radius 1 is 1.28 bits per heavy atom. The molecule has 1 atom stereocenters. The van der Waals surface area contributed by atoms with Gasteiger partial charge in [-0.05, 0) is 63.3 Å². The number of rotatable bonds is 8. The minimum absolute atomic E-state index is 0.321. The number of carboxylic acid groups (broad SMARTS) is 1. The van der Waals surface area contributed by atoms with Gasteiger partial charge in [0.05, 0.1) is 12.7 Å². The predicted molar refractivity (Wildman–Crippen MR) is 98.3 cm³/mol. The molecule has 1 aromatic carbocycles. The van der Waals surface area contributed by atoms with Crippen molar-refractivity contribution in [3.05, 3.63) is 29.3 Å². The minimum Gasteiger partial charge on any atom is -0.478 e. The van der Waals surface area contributed by atoms with Crippen molar-refractivity contribution in [3.8, 4) is 5.75 Å². The zero-order valence-corrected chi connectivity index (χ0v) is 15.9. The Morgan fingerprint density at radius 2 is 1.96 bits per heavy atom. The molecular weight excluding hydrogens is 318 g/mol. The van der Waals surface area contributed by atoms with Gasteiger partial charge < -0.3 is 19.5 Å². The van der Waals surface area contributed by atoms with Crippen LogP contribution in [0, 0.1) is 0 Å². The van der Waals surface area contributed by atoms with Crippen molar-refractivity contribution in [2.75, 3.05) is 26.2 Å². The lowest BCUT2D eigenvalue weighted by Crippen LogP contribution is -2.37. The van der Waals surface area contributed by atoms with Crippen LogP contribution in [0.4, 0.5) is 0 Å². The van der Waals surface area contributed by atoms with Gasteiger partial charge in [0.15, 0.2) is 5.60 Å². The van der Waals surface area contributed by atoms with Crippen molar-refractivity contribution in [2.24, 2.45) is 0 Å². The van der Waals surface area contributed by atoms with E-state index in [9.17, 15) is 9.90 Å². The van der Waals surface area contributed by atoms with Crippen LogP contribution in [0.25, 0.3) is 0 Å². The highest BCUT2D eigenvalue weighted by Gasteiger charge is 2.29. The number of fused-ring (bicyclic) bond motifs is 1. The van der Waals surface area contributed by atoms with E-state index < -0.39 is 11.6 Å². The number of hydrogen-bond donors (Lipinski definition) is 1. The molecule has 0 saturated carbocycles. The summed E-state index contributed by atoms with van der Waals surface area (Å²) in [4.78, 5) is 13.7. The molecule has 25 heavy (non-hydrogen) atoms. The van der Waals surface area contributed by atoms with Crippen LogP contribution < -0.4 is 4.74 Å². The van der Waals surface area contributed by atoms with Crippen LogP contribution in [0.5, 0.6) is 5.75 Å². The first-order valence-electron chi connectivity index (χ1n) is 9.20. The lowest BCUT2D eigenvalue weighted by atomic mass is 10.0. The summed E-state index contributed by atoms with van der Waals surface area (Å²) in [6.07, 6.45) is 3.31. The van der Waals surface area contributed by atoms with Gasteiger partial charge in [0, 0.05) is 19.6 Å². The molecule has 1 unspecified atom stereocenters. The lowest BCUT2D eigenvalue weighted by Gasteiger charge is -2.22. The molecule has 1 aliphatic heterocycles. The standard InChI is InChI=1S/C20H31NO4/c1-5-15(2)24-13-12-21-10-8-16-6-7-18(14-17(16)9-11-21)25-20(3,4)19(22)23/h6-7,14-15H,5,8-13H2,1-4H3,(H,22,23). The third-order valence-corrected chi connectivity index (χ3v) is 4.85. The van der Waals surface area contributed by atoms with Gasteiger partial charge in [-0.1, -0.05) is 13.0 Å². The average molecular weight is 349 g/mol. The highest BCUT2D eigenvalue weighted by atomic mass is 16.5. The van der Waals surface area contributed by atoms with E-state index in [0.29, 0.717) is 11.9 Å². The first-order chi connectivity index (χ1) is 11.8. The molecular formula is C20H31NO4. The van der Waals surface area contributed by atoms with Crippen LogP contribution in [0.1, 0.15) is 45.2 Å². The van der Waals surface area contributed by atoms with Gasteiger partial charge in [-0.2, -0.15) is 0 Å². The number of nitrogens with zero attached hydrogens (tertiary/aromatic N) is 1. The largest absolute Gasteiger partial charge is 0.478 e. The van der Waals surface area contributed by atoms with Gasteiger partial charge >= 0.3 is 5.97 Å². The van der Waals surface area contributed by atoms with Gasteiger partial charge in [-0.25, -0.2) is 4.79 Å². The third-order valence-electron chi connectivity index (χ3n) is 4.85. The molecule has 0 aromatic heterocycles. The van der Waals surface area contributed by atoms with E-state index in [4.69, 9.17) is 9.47 Å².